The van der Waals surface area contributed by atoms with Crippen molar-refractivity contribution in [1.29, 1.82) is 0 Å². The molecular weight excluding hydrogens is 664 g/mol. The predicted molar refractivity (Wildman–Crippen MR) is 145 cm³/mol. The molecule has 1 rings (SSSR count). The van der Waals surface area contributed by atoms with Gasteiger partial charge in [-0.05, 0) is 12.8 Å². The van der Waals surface area contributed by atoms with E-state index < -0.39 is 83.5 Å². The van der Waals surface area contributed by atoms with Gasteiger partial charge in [-0.15, -0.1) is 0 Å². The van der Waals surface area contributed by atoms with Crippen LogP contribution >= 0.6 is 15.6 Å². The molecule has 0 aromatic carbocycles. The second-order valence-electron chi connectivity index (χ2n) is 10.4. The van der Waals surface area contributed by atoms with E-state index in [1.54, 1.807) is 0 Å². The van der Waals surface area contributed by atoms with Crippen LogP contribution in [0.25, 0.3) is 0 Å². The first kappa shape index (κ1) is 48.1. The number of phosphoric acid groups is 2. The summed E-state index contributed by atoms with van der Waals surface area (Å²) in [6.07, 6.45) is -6.35. The van der Waals surface area contributed by atoms with E-state index >= 15 is 0 Å². The summed E-state index contributed by atoms with van der Waals surface area (Å²) >= 11 is 0. The third-order valence-corrected chi connectivity index (χ3v) is 8.16. The topological polar surface area (TPSA) is 262 Å². The standard InChI is InChI=1S/C25H48O16P2.2Na/c1-3-5-7-9-11-13-18(26)37-15-17(39-19(27)14-12-10-8-6-4-2)16-38-43(35,36)41-25-22(30)20(28)21(29)24(23(25)31)40-42(32,33)34;;/h17,20-25,28-31H,3-16H2,1-2H3,(H,35,36)(H2,32,33,34);;/q;2*+1/p-2/t17-,20+,21+,22-,23-,24-,25+;;/m1../s1. The van der Waals surface area contributed by atoms with Gasteiger partial charge in [0.2, 0.25) is 0 Å². The molecule has 0 saturated heterocycles. The Morgan fingerprint density at radius 3 is 1.64 bits per heavy atom. The van der Waals surface area contributed by atoms with Crippen LogP contribution in [-0.2, 0) is 41.8 Å². The number of hydrogen-bond donors (Lipinski definition) is 5. The first-order chi connectivity index (χ1) is 20.1. The van der Waals surface area contributed by atoms with E-state index in [4.69, 9.17) is 18.5 Å². The third kappa shape index (κ3) is 20.3. The molecule has 45 heavy (non-hydrogen) atoms. The van der Waals surface area contributed by atoms with Gasteiger partial charge in [0.15, 0.2) is 6.10 Å². The Morgan fingerprint density at radius 1 is 0.689 bits per heavy atom. The minimum absolute atomic E-state index is 0. The van der Waals surface area contributed by atoms with Gasteiger partial charge in [-0.25, -0.2) is 4.57 Å². The summed E-state index contributed by atoms with van der Waals surface area (Å²) < 4.78 is 47.7. The number of aliphatic hydroxyl groups is 4. The quantitative estimate of drug-likeness (QED) is 0.0304. The average Bonchev–Trinajstić information content (AvgIpc) is 2.93. The molecule has 0 amide bonds. The molecule has 0 bridgehead atoms. The van der Waals surface area contributed by atoms with Crippen LogP contribution in [0.3, 0.4) is 0 Å². The van der Waals surface area contributed by atoms with Crippen molar-refractivity contribution in [3.8, 4) is 0 Å². The van der Waals surface area contributed by atoms with Crippen molar-refractivity contribution in [3.05, 3.63) is 0 Å². The number of unbranched alkanes of at least 4 members (excludes halogenated alkanes) is 8. The number of esters is 2. The Morgan fingerprint density at radius 2 is 1.16 bits per heavy atom. The SMILES string of the molecule is CCCCCCCC(=O)OC[C@H](COP(=O)(O)O[C@@H]1[C@H](O)[C@H](OP(=O)([O-])[O-])[C@@H](O)[C@H](O)[C@H]1O)OC(=O)CCCCCCC.[Na+].[Na+]. The number of aliphatic hydroxyl groups excluding tert-OH is 4. The number of rotatable bonds is 22. The normalized spacial score (nSPS) is 25.3. The van der Waals surface area contributed by atoms with Gasteiger partial charge < -0.3 is 53.7 Å². The van der Waals surface area contributed by atoms with Crippen LogP contribution in [0, 0.1) is 0 Å². The molecular formula is C25H46Na2O16P2. The Hall–Kier alpha value is 1.00. The molecule has 254 valence electrons. The fourth-order valence-electron chi connectivity index (χ4n) is 4.31. The van der Waals surface area contributed by atoms with E-state index in [-0.39, 0.29) is 72.0 Å². The van der Waals surface area contributed by atoms with Crippen molar-refractivity contribution < 1.29 is 136 Å². The summed E-state index contributed by atoms with van der Waals surface area (Å²) in [7, 11) is -11.1. The Labute approximate surface area is 308 Å². The van der Waals surface area contributed by atoms with Crippen molar-refractivity contribution in [2.75, 3.05) is 13.2 Å². The number of phosphoric ester groups is 2. The molecule has 8 atom stereocenters. The summed E-state index contributed by atoms with van der Waals surface area (Å²) in [5.74, 6) is -1.26. The minimum Gasteiger partial charge on any atom is -0.790 e. The molecule has 1 aliphatic carbocycles. The molecule has 1 unspecified atom stereocenters. The molecule has 1 fully saturated rings. The Balaban J connectivity index is 0. The third-order valence-electron chi connectivity index (χ3n) is 6.67. The van der Waals surface area contributed by atoms with Gasteiger partial charge in [0.25, 0.3) is 0 Å². The van der Waals surface area contributed by atoms with E-state index in [9.17, 15) is 53.8 Å². The Kier molecular flexibility index (Phi) is 26.8. The van der Waals surface area contributed by atoms with Gasteiger partial charge in [0.1, 0.15) is 43.2 Å². The molecule has 0 radical (unpaired) electrons. The summed E-state index contributed by atoms with van der Waals surface area (Å²) in [5.41, 5.74) is 0. The van der Waals surface area contributed by atoms with E-state index in [0.717, 1.165) is 51.4 Å². The monoisotopic (exact) mass is 710 g/mol. The van der Waals surface area contributed by atoms with Crippen LogP contribution in [0.15, 0.2) is 0 Å². The first-order valence-electron chi connectivity index (χ1n) is 14.5. The van der Waals surface area contributed by atoms with Gasteiger partial charge in [0, 0.05) is 12.8 Å². The maximum absolute atomic E-state index is 12.7. The van der Waals surface area contributed by atoms with Crippen molar-refractivity contribution in [2.45, 2.75) is 134 Å². The first-order valence-corrected chi connectivity index (χ1v) is 17.5. The van der Waals surface area contributed by atoms with E-state index in [2.05, 4.69) is 11.4 Å². The number of hydrogen-bond acceptors (Lipinski definition) is 15. The van der Waals surface area contributed by atoms with E-state index in [1.165, 1.54) is 0 Å². The number of carbonyl (C=O) groups is 2. The van der Waals surface area contributed by atoms with Crippen LogP contribution < -0.4 is 68.9 Å². The van der Waals surface area contributed by atoms with Crippen LogP contribution in [-0.4, -0.2) is 93.2 Å². The predicted octanol–water partition coefficient (Wildman–Crippen LogP) is -5.66. The molecule has 0 heterocycles. The fourth-order valence-corrected chi connectivity index (χ4v) is 5.83. The second kappa shape index (κ2) is 25.0. The molecule has 1 aliphatic rings. The van der Waals surface area contributed by atoms with Crippen LogP contribution in [0.1, 0.15) is 90.9 Å². The van der Waals surface area contributed by atoms with Gasteiger partial charge in [-0.1, -0.05) is 65.2 Å². The summed E-state index contributed by atoms with van der Waals surface area (Å²) in [5, 5.41) is 40.4. The van der Waals surface area contributed by atoms with Crippen LogP contribution in [0.2, 0.25) is 0 Å². The minimum atomic E-state index is -5.84. The molecule has 0 aliphatic heterocycles. The summed E-state index contributed by atoms with van der Waals surface area (Å²) in [4.78, 5) is 56.7. The van der Waals surface area contributed by atoms with Crippen molar-refractivity contribution in [1.82, 2.24) is 0 Å². The molecule has 20 heteroatoms. The molecule has 16 nitrogen and oxygen atoms in total. The summed E-state index contributed by atoms with van der Waals surface area (Å²) in [6, 6.07) is 0. The van der Waals surface area contributed by atoms with Crippen LogP contribution in [0.5, 0.6) is 0 Å². The molecule has 0 aromatic heterocycles. The van der Waals surface area contributed by atoms with Crippen molar-refractivity contribution in [3.63, 3.8) is 0 Å². The zero-order chi connectivity index (χ0) is 32.6. The fraction of sp³-hybridized carbons (Fsp3) is 0.920. The van der Waals surface area contributed by atoms with Crippen molar-refractivity contribution >= 4 is 27.6 Å². The number of ether oxygens (including phenoxy) is 2. The van der Waals surface area contributed by atoms with E-state index in [0.29, 0.717) is 12.8 Å². The smallest absolute Gasteiger partial charge is 0.790 e. The maximum Gasteiger partial charge on any atom is 1.00 e. The average molecular weight is 711 g/mol. The largest absolute Gasteiger partial charge is 1.00 e. The number of carbonyl (C=O) groups excluding carboxylic acids is 2. The summed E-state index contributed by atoms with van der Waals surface area (Å²) in [6.45, 7) is 2.73. The van der Waals surface area contributed by atoms with Crippen LogP contribution in [0.4, 0.5) is 0 Å². The van der Waals surface area contributed by atoms with E-state index in [1.807, 2.05) is 6.92 Å². The molecule has 1 saturated carbocycles. The Bertz CT molecular complexity index is 926. The van der Waals surface area contributed by atoms with Gasteiger partial charge in [-0.2, -0.15) is 0 Å². The van der Waals surface area contributed by atoms with Crippen molar-refractivity contribution in [2.24, 2.45) is 0 Å². The van der Waals surface area contributed by atoms with Gasteiger partial charge in [0.05, 0.1) is 14.4 Å². The van der Waals surface area contributed by atoms with Gasteiger partial charge in [-0.3, -0.25) is 18.6 Å². The second-order valence-corrected chi connectivity index (χ2v) is 12.9. The zero-order valence-electron chi connectivity index (χ0n) is 26.6. The molecule has 5 N–H and O–H groups in total. The van der Waals surface area contributed by atoms with Gasteiger partial charge >= 0.3 is 78.9 Å². The molecule has 0 aromatic rings. The maximum atomic E-state index is 12.7. The molecule has 0 spiro atoms. The zero-order valence-corrected chi connectivity index (χ0v) is 32.4.